The van der Waals surface area contributed by atoms with Crippen molar-refractivity contribution < 1.29 is 9.59 Å². The van der Waals surface area contributed by atoms with Gasteiger partial charge in [-0.25, -0.2) is 0 Å². The van der Waals surface area contributed by atoms with Gasteiger partial charge in [0.2, 0.25) is 11.8 Å². The Labute approximate surface area is 175 Å². The lowest BCUT2D eigenvalue weighted by molar-refractivity contribution is -0.123. The molecule has 0 saturated carbocycles. The third kappa shape index (κ3) is 5.25. The van der Waals surface area contributed by atoms with Crippen molar-refractivity contribution in [3.63, 3.8) is 0 Å². The van der Waals surface area contributed by atoms with Crippen LogP contribution in [-0.4, -0.2) is 36.3 Å². The lowest BCUT2D eigenvalue weighted by Gasteiger charge is -2.31. The fraction of sp³-hybridized carbons (Fsp3) is 0.333. The summed E-state index contributed by atoms with van der Waals surface area (Å²) in [7, 11) is 0. The number of benzene rings is 2. The Morgan fingerprint density at radius 3 is 2.61 bits per heavy atom. The molecular weight excluding hydrogens is 397 g/mol. The first-order valence-electron chi connectivity index (χ1n) is 9.26. The van der Waals surface area contributed by atoms with Crippen LogP contribution in [0, 0.1) is 12.8 Å². The minimum absolute atomic E-state index is 0.0129. The number of hydrogen-bond acceptors (Lipinski definition) is 3. The SMILES string of the molecule is Cc1ccc(Cl)c(NC(=O)CN2CCC[C@@H](C(=O)Nc3ccccc3)C2)c1Cl. The molecule has 0 radical (unpaired) electrons. The van der Waals surface area contributed by atoms with E-state index in [4.69, 9.17) is 23.2 Å². The van der Waals surface area contributed by atoms with E-state index in [-0.39, 0.29) is 24.3 Å². The van der Waals surface area contributed by atoms with Crippen LogP contribution in [0.25, 0.3) is 0 Å². The average Bonchev–Trinajstić information content (AvgIpc) is 2.69. The van der Waals surface area contributed by atoms with Crippen LogP contribution in [0.2, 0.25) is 10.0 Å². The molecule has 1 saturated heterocycles. The molecule has 1 atom stereocenters. The molecule has 2 N–H and O–H groups in total. The van der Waals surface area contributed by atoms with Gasteiger partial charge in [0.1, 0.15) is 0 Å². The van der Waals surface area contributed by atoms with Gasteiger partial charge < -0.3 is 10.6 Å². The van der Waals surface area contributed by atoms with Crippen LogP contribution in [0.15, 0.2) is 42.5 Å². The molecule has 2 aromatic carbocycles. The predicted octanol–water partition coefficient (Wildman–Crippen LogP) is 4.59. The molecule has 2 amide bonds. The maximum atomic E-state index is 12.5. The maximum Gasteiger partial charge on any atom is 0.238 e. The molecule has 1 aliphatic rings. The Bertz CT molecular complexity index is 858. The minimum Gasteiger partial charge on any atom is -0.326 e. The zero-order valence-electron chi connectivity index (χ0n) is 15.7. The first-order chi connectivity index (χ1) is 13.4. The van der Waals surface area contributed by atoms with Crippen LogP contribution in [0.5, 0.6) is 0 Å². The number of carbonyl (C=O) groups excluding carboxylic acids is 2. The summed E-state index contributed by atoms with van der Waals surface area (Å²) in [5, 5.41) is 6.60. The number of amides is 2. The van der Waals surface area contributed by atoms with Gasteiger partial charge in [0, 0.05) is 12.2 Å². The molecule has 0 bridgehead atoms. The zero-order valence-corrected chi connectivity index (χ0v) is 17.2. The van der Waals surface area contributed by atoms with Gasteiger partial charge in [0.15, 0.2) is 0 Å². The average molecular weight is 420 g/mol. The van der Waals surface area contributed by atoms with E-state index >= 15 is 0 Å². The van der Waals surface area contributed by atoms with Gasteiger partial charge in [0.25, 0.3) is 0 Å². The number of likely N-dealkylation sites (tertiary alicyclic amines) is 1. The second-order valence-corrected chi connectivity index (χ2v) is 7.82. The van der Waals surface area contributed by atoms with Gasteiger partial charge in [0.05, 0.1) is 28.2 Å². The van der Waals surface area contributed by atoms with Gasteiger partial charge in [-0.2, -0.15) is 0 Å². The number of para-hydroxylation sites is 1. The number of anilines is 2. The first kappa shape index (κ1) is 20.6. The molecule has 0 unspecified atom stereocenters. The largest absolute Gasteiger partial charge is 0.326 e. The lowest BCUT2D eigenvalue weighted by Crippen LogP contribution is -2.44. The first-order valence-corrected chi connectivity index (χ1v) is 10.0. The number of nitrogens with zero attached hydrogens (tertiary/aromatic N) is 1. The molecule has 5 nitrogen and oxygen atoms in total. The molecule has 0 aliphatic carbocycles. The fourth-order valence-corrected chi connectivity index (χ4v) is 3.80. The molecule has 28 heavy (non-hydrogen) atoms. The van der Waals surface area contributed by atoms with E-state index in [0.717, 1.165) is 30.6 Å². The summed E-state index contributed by atoms with van der Waals surface area (Å²) in [5.41, 5.74) is 2.06. The number of carbonyl (C=O) groups is 2. The Balaban J connectivity index is 1.57. The van der Waals surface area contributed by atoms with Crippen molar-refractivity contribution in [1.29, 1.82) is 0 Å². The third-order valence-electron chi connectivity index (χ3n) is 4.83. The van der Waals surface area contributed by atoms with Crippen LogP contribution in [-0.2, 0) is 9.59 Å². The van der Waals surface area contributed by atoms with E-state index < -0.39 is 0 Å². The van der Waals surface area contributed by atoms with Gasteiger partial charge in [-0.05, 0) is 50.1 Å². The highest BCUT2D eigenvalue weighted by molar-refractivity contribution is 6.40. The zero-order chi connectivity index (χ0) is 20.1. The third-order valence-corrected chi connectivity index (χ3v) is 5.64. The Kier molecular flexibility index (Phi) is 6.94. The van der Waals surface area contributed by atoms with Crippen LogP contribution in [0.4, 0.5) is 11.4 Å². The molecule has 1 fully saturated rings. The molecule has 0 aromatic heterocycles. The van der Waals surface area contributed by atoms with Crippen molar-refractivity contribution in [2.24, 2.45) is 5.92 Å². The molecule has 3 rings (SSSR count). The standard InChI is InChI=1S/C21H23Cl2N3O2/c1-14-9-10-17(22)20(19(14)23)25-18(27)13-26-11-5-6-15(12-26)21(28)24-16-7-3-2-4-8-16/h2-4,7-10,15H,5-6,11-13H2,1H3,(H,24,28)(H,25,27)/t15-/m1/s1. The highest BCUT2D eigenvalue weighted by atomic mass is 35.5. The van der Waals surface area contributed by atoms with Crippen LogP contribution in [0.3, 0.4) is 0 Å². The van der Waals surface area contributed by atoms with Crippen molar-refractivity contribution in [3.8, 4) is 0 Å². The van der Waals surface area contributed by atoms with Crippen LogP contribution in [0.1, 0.15) is 18.4 Å². The van der Waals surface area contributed by atoms with E-state index in [1.54, 1.807) is 12.1 Å². The number of halogens is 2. The molecular formula is C21H23Cl2N3O2. The summed E-state index contributed by atoms with van der Waals surface area (Å²) in [4.78, 5) is 27.0. The number of piperidine rings is 1. The van der Waals surface area contributed by atoms with Crippen molar-refractivity contribution in [2.45, 2.75) is 19.8 Å². The molecule has 148 valence electrons. The quantitative estimate of drug-likeness (QED) is 0.744. The van der Waals surface area contributed by atoms with Crippen LogP contribution >= 0.6 is 23.2 Å². The van der Waals surface area contributed by atoms with Gasteiger partial charge in [-0.15, -0.1) is 0 Å². The number of rotatable bonds is 5. The molecule has 2 aromatic rings. The summed E-state index contributed by atoms with van der Waals surface area (Å²) in [5.74, 6) is -0.354. The molecule has 1 aliphatic heterocycles. The summed E-state index contributed by atoms with van der Waals surface area (Å²) in [6, 6.07) is 12.9. The van der Waals surface area contributed by atoms with E-state index in [9.17, 15) is 9.59 Å². The van der Waals surface area contributed by atoms with Gasteiger partial charge >= 0.3 is 0 Å². The van der Waals surface area contributed by atoms with Crippen molar-refractivity contribution in [3.05, 3.63) is 58.1 Å². The highest BCUT2D eigenvalue weighted by Gasteiger charge is 2.27. The topological polar surface area (TPSA) is 61.4 Å². The number of hydrogen-bond donors (Lipinski definition) is 2. The molecule has 0 spiro atoms. The normalized spacial score (nSPS) is 17.2. The van der Waals surface area contributed by atoms with Gasteiger partial charge in [-0.1, -0.05) is 47.5 Å². The molecule has 1 heterocycles. The number of nitrogens with one attached hydrogen (secondary N) is 2. The van der Waals surface area contributed by atoms with E-state index in [1.165, 1.54) is 0 Å². The number of aryl methyl sites for hydroxylation is 1. The Morgan fingerprint density at radius 1 is 1.11 bits per heavy atom. The Morgan fingerprint density at radius 2 is 1.86 bits per heavy atom. The summed E-state index contributed by atoms with van der Waals surface area (Å²) >= 11 is 12.4. The monoisotopic (exact) mass is 419 g/mol. The summed E-state index contributed by atoms with van der Waals surface area (Å²) in [6.07, 6.45) is 1.68. The summed E-state index contributed by atoms with van der Waals surface area (Å²) in [6.45, 7) is 3.36. The minimum atomic E-state index is -0.196. The second-order valence-electron chi connectivity index (χ2n) is 7.03. The van der Waals surface area contributed by atoms with Crippen LogP contribution < -0.4 is 10.6 Å². The highest BCUT2D eigenvalue weighted by Crippen LogP contribution is 2.32. The smallest absolute Gasteiger partial charge is 0.238 e. The maximum absolute atomic E-state index is 12.5. The lowest BCUT2D eigenvalue weighted by atomic mass is 9.97. The molecule has 7 heteroatoms. The van der Waals surface area contributed by atoms with E-state index in [0.29, 0.717) is 22.3 Å². The van der Waals surface area contributed by atoms with Crippen molar-refractivity contribution >= 4 is 46.4 Å². The Hall–Kier alpha value is -2.08. The van der Waals surface area contributed by atoms with Gasteiger partial charge in [-0.3, -0.25) is 14.5 Å². The fourth-order valence-electron chi connectivity index (χ4n) is 3.33. The van der Waals surface area contributed by atoms with E-state index in [2.05, 4.69) is 10.6 Å². The predicted molar refractivity (Wildman–Crippen MR) is 114 cm³/mol. The van der Waals surface area contributed by atoms with Crippen molar-refractivity contribution in [1.82, 2.24) is 4.90 Å². The van der Waals surface area contributed by atoms with E-state index in [1.807, 2.05) is 42.2 Å². The van der Waals surface area contributed by atoms with Crippen molar-refractivity contribution in [2.75, 3.05) is 30.3 Å². The summed E-state index contributed by atoms with van der Waals surface area (Å²) < 4.78 is 0. The second kappa shape index (κ2) is 9.41.